The Kier molecular flexibility index (Phi) is 6.39. The Morgan fingerprint density at radius 1 is 1.04 bits per heavy atom. The van der Waals surface area contributed by atoms with Crippen molar-refractivity contribution in [3.8, 4) is 5.75 Å². The molecule has 5 heteroatoms. The maximum Gasteiger partial charge on any atom is 0.260 e. The molecular formula is C21H26N2O3. The summed E-state index contributed by atoms with van der Waals surface area (Å²) in [5.74, 6) is 0.547. The highest BCUT2D eigenvalue weighted by Gasteiger charge is 2.13. The molecule has 26 heavy (non-hydrogen) atoms. The average Bonchev–Trinajstić information content (AvgIpc) is 2.60. The van der Waals surface area contributed by atoms with Crippen LogP contribution in [0.2, 0.25) is 0 Å². The fourth-order valence-electron chi connectivity index (χ4n) is 2.91. The van der Waals surface area contributed by atoms with Gasteiger partial charge in [-0.25, -0.2) is 0 Å². The van der Waals surface area contributed by atoms with Crippen molar-refractivity contribution < 1.29 is 14.3 Å². The van der Waals surface area contributed by atoms with E-state index in [1.54, 1.807) is 31.1 Å². The van der Waals surface area contributed by atoms with Gasteiger partial charge in [0.1, 0.15) is 5.75 Å². The minimum atomic E-state index is -0.127. The summed E-state index contributed by atoms with van der Waals surface area (Å²) in [6.07, 6.45) is 0. The monoisotopic (exact) mass is 354 g/mol. The molecule has 138 valence electrons. The van der Waals surface area contributed by atoms with Crippen molar-refractivity contribution >= 4 is 11.8 Å². The molecule has 0 heterocycles. The fraction of sp³-hybridized carbons (Fsp3) is 0.333. The first kappa shape index (κ1) is 19.5. The fourth-order valence-corrected chi connectivity index (χ4v) is 2.91. The predicted molar refractivity (Wildman–Crippen MR) is 102 cm³/mol. The number of amides is 2. The summed E-state index contributed by atoms with van der Waals surface area (Å²) in [6.45, 7) is 6.47. The Hall–Kier alpha value is -2.82. The normalized spacial score (nSPS) is 10.3. The standard InChI is InChI=1S/C21H26N2O3/c1-14-10-15(2)20(16(3)11-14)26-13-19(24)23(5)12-17-6-8-18(9-7-17)21(25)22-4/h6-11H,12-13H2,1-5H3,(H,22,25). The molecule has 0 fully saturated rings. The minimum Gasteiger partial charge on any atom is -0.483 e. The number of ether oxygens (including phenoxy) is 1. The minimum absolute atomic E-state index is 0.00242. The van der Waals surface area contributed by atoms with Gasteiger partial charge in [0.2, 0.25) is 0 Å². The van der Waals surface area contributed by atoms with E-state index < -0.39 is 0 Å². The number of likely N-dealkylation sites (N-methyl/N-ethyl adjacent to an activating group) is 1. The van der Waals surface area contributed by atoms with Crippen molar-refractivity contribution in [1.29, 1.82) is 0 Å². The Morgan fingerprint density at radius 2 is 1.62 bits per heavy atom. The SMILES string of the molecule is CNC(=O)c1ccc(CN(C)C(=O)COc2c(C)cc(C)cc2C)cc1. The molecule has 0 radical (unpaired) electrons. The molecule has 2 aromatic rings. The lowest BCUT2D eigenvalue weighted by Gasteiger charge is -2.19. The van der Waals surface area contributed by atoms with Crippen molar-refractivity contribution in [1.82, 2.24) is 10.2 Å². The second-order valence-electron chi connectivity index (χ2n) is 6.54. The lowest BCUT2D eigenvalue weighted by molar-refractivity contribution is -0.132. The molecule has 0 aliphatic carbocycles. The average molecular weight is 354 g/mol. The molecule has 5 nitrogen and oxygen atoms in total. The smallest absolute Gasteiger partial charge is 0.260 e. The molecule has 0 saturated heterocycles. The van der Waals surface area contributed by atoms with Crippen LogP contribution in [0.3, 0.4) is 0 Å². The summed E-state index contributed by atoms with van der Waals surface area (Å²) in [6, 6.07) is 11.3. The summed E-state index contributed by atoms with van der Waals surface area (Å²) in [4.78, 5) is 25.5. The van der Waals surface area contributed by atoms with E-state index in [0.717, 1.165) is 22.4 Å². The number of nitrogens with one attached hydrogen (secondary N) is 1. The summed E-state index contributed by atoms with van der Waals surface area (Å²) in [5.41, 5.74) is 4.79. The third-order valence-electron chi connectivity index (χ3n) is 4.23. The molecule has 2 aromatic carbocycles. The van der Waals surface area contributed by atoms with Gasteiger partial charge >= 0.3 is 0 Å². The first-order valence-corrected chi connectivity index (χ1v) is 8.57. The molecule has 0 aliphatic heterocycles. The second-order valence-corrected chi connectivity index (χ2v) is 6.54. The van der Waals surface area contributed by atoms with Crippen LogP contribution in [0, 0.1) is 20.8 Å². The molecular weight excluding hydrogens is 328 g/mol. The van der Waals surface area contributed by atoms with Crippen LogP contribution in [0.4, 0.5) is 0 Å². The zero-order valence-corrected chi connectivity index (χ0v) is 16.1. The zero-order valence-electron chi connectivity index (χ0n) is 16.1. The van der Waals surface area contributed by atoms with Crippen LogP contribution in [0.15, 0.2) is 36.4 Å². The van der Waals surface area contributed by atoms with E-state index in [1.165, 1.54) is 5.56 Å². The molecule has 0 atom stereocenters. The van der Waals surface area contributed by atoms with Gasteiger partial charge in [0, 0.05) is 26.2 Å². The van der Waals surface area contributed by atoms with Gasteiger partial charge in [-0.05, 0) is 49.6 Å². The molecule has 0 aromatic heterocycles. The van der Waals surface area contributed by atoms with E-state index in [1.807, 2.05) is 45.0 Å². The Bertz CT molecular complexity index is 774. The van der Waals surface area contributed by atoms with E-state index in [2.05, 4.69) is 5.32 Å². The van der Waals surface area contributed by atoms with Crippen molar-refractivity contribution in [3.05, 3.63) is 64.2 Å². The van der Waals surface area contributed by atoms with Gasteiger partial charge in [0.15, 0.2) is 6.61 Å². The zero-order chi connectivity index (χ0) is 19.3. The van der Waals surface area contributed by atoms with Crippen LogP contribution in [-0.4, -0.2) is 37.4 Å². The Labute approximate surface area is 155 Å². The van der Waals surface area contributed by atoms with Gasteiger partial charge < -0.3 is 15.0 Å². The van der Waals surface area contributed by atoms with Crippen LogP contribution in [0.25, 0.3) is 0 Å². The van der Waals surface area contributed by atoms with Crippen LogP contribution in [-0.2, 0) is 11.3 Å². The van der Waals surface area contributed by atoms with Gasteiger partial charge in [-0.1, -0.05) is 29.8 Å². The van der Waals surface area contributed by atoms with Gasteiger partial charge in [-0.3, -0.25) is 9.59 Å². The first-order chi connectivity index (χ1) is 12.3. The third kappa shape index (κ3) is 4.85. The van der Waals surface area contributed by atoms with Crippen LogP contribution in [0.5, 0.6) is 5.75 Å². The quantitative estimate of drug-likeness (QED) is 0.867. The maximum atomic E-state index is 12.4. The van der Waals surface area contributed by atoms with Crippen LogP contribution in [0.1, 0.15) is 32.6 Å². The molecule has 0 saturated carbocycles. The number of benzene rings is 2. The van der Waals surface area contributed by atoms with E-state index in [4.69, 9.17) is 4.74 Å². The maximum absolute atomic E-state index is 12.4. The Morgan fingerprint density at radius 3 is 2.15 bits per heavy atom. The topological polar surface area (TPSA) is 58.6 Å². The van der Waals surface area contributed by atoms with Crippen LogP contribution >= 0.6 is 0 Å². The highest BCUT2D eigenvalue weighted by Crippen LogP contribution is 2.24. The first-order valence-electron chi connectivity index (χ1n) is 8.57. The largest absolute Gasteiger partial charge is 0.483 e. The number of carbonyl (C=O) groups is 2. The third-order valence-corrected chi connectivity index (χ3v) is 4.23. The number of nitrogens with zero attached hydrogens (tertiary/aromatic N) is 1. The van der Waals surface area contributed by atoms with Crippen molar-refractivity contribution in [2.45, 2.75) is 27.3 Å². The van der Waals surface area contributed by atoms with E-state index >= 15 is 0 Å². The lowest BCUT2D eigenvalue weighted by atomic mass is 10.1. The number of hydrogen-bond donors (Lipinski definition) is 1. The summed E-state index contributed by atoms with van der Waals surface area (Å²) < 4.78 is 5.76. The second kappa shape index (κ2) is 8.52. The molecule has 0 aliphatic rings. The number of rotatable bonds is 6. The van der Waals surface area contributed by atoms with Gasteiger partial charge in [0.05, 0.1) is 0 Å². The van der Waals surface area contributed by atoms with Gasteiger partial charge in [-0.15, -0.1) is 0 Å². The molecule has 0 spiro atoms. The van der Waals surface area contributed by atoms with Gasteiger partial charge in [0.25, 0.3) is 11.8 Å². The van der Waals surface area contributed by atoms with Crippen molar-refractivity contribution in [2.24, 2.45) is 0 Å². The van der Waals surface area contributed by atoms with E-state index in [9.17, 15) is 9.59 Å². The lowest BCUT2D eigenvalue weighted by Crippen LogP contribution is -2.31. The summed E-state index contributed by atoms with van der Waals surface area (Å²) >= 11 is 0. The van der Waals surface area contributed by atoms with E-state index in [-0.39, 0.29) is 18.4 Å². The molecule has 0 bridgehead atoms. The predicted octanol–water partition coefficient (Wildman–Crippen LogP) is 3.01. The Balaban J connectivity index is 1.95. The molecule has 2 amide bonds. The molecule has 1 N–H and O–H groups in total. The summed E-state index contributed by atoms with van der Waals surface area (Å²) in [5, 5.41) is 2.58. The number of aryl methyl sites for hydroxylation is 3. The highest BCUT2D eigenvalue weighted by atomic mass is 16.5. The molecule has 0 unspecified atom stereocenters. The molecule has 2 rings (SSSR count). The number of hydrogen-bond acceptors (Lipinski definition) is 3. The van der Waals surface area contributed by atoms with E-state index in [0.29, 0.717) is 12.1 Å². The van der Waals surface area contributed by atoms with Gasteiger partial charge in [-0.2, -0.15) is 0 Å². The van der Waals surface area contributed by atoms with Crippen LogP contribution < -0.4 is 10.1 Å². The van der Waals surface area contributed by atoms with Crippen molar-refractivity contribution in [2.75, 3.05) is 20.7 Å². The number of carbonyl (C=O) groups excluding carboxylic acids is 2. The highest BCUT2D eigenvalue weighted by molar-refractivity contribution is 5.93. The van der Waals surface area contributed by atoms with Crippen molar-refractivity contribution in [3.63, 3.8) is 0 Å². The summed E-state index contributed by atoms with van der Waals surface area (Å²) in [7, 11) is 3.34.